The first kappa shape index (κ1) is 23.1. The minimum Gasteiger partial charge on any atom is -0.378 e. The molecule has 2 aromatic carbocycles. The summed E-state index contributed by atoms with van der Waals surface area (Å²) in [5, 5.41) is 13.9. The Balaban J connectivity index is 1.54. The molecule has 1 amide bonds. The molecule has 2 heterocycles. The topological polar surface area (TPSA) is 157 Å². The van der Waals surface area contributed by atoms with Gasteiger partial charge in [0.1, 0.15) is 0 Å². The van der Waals surface area contributed by atoms with E-state index in [-0.39, 0.29) is 22.1 Å². The number of nitro groups is 1. The van der Waals surface area contributed by atoms with Crippen molar-refractivity contribution in [1.29, 1.82) is 0 Å². The summed E-state index contributed by atoms with van der Waals surface area (Å²) in [7, 11) is -3.93. The normalized spacial score (nSPS) is 13.8. The van der Waals surface area contributed by atoms with Crippen molar-refractivity contribution in [2.75, 3.05) is 41.2 Å². The minimum absolute atomic E-state index is 0.0534. The van der Waals surface area contributed by atoms with Crippen molar-refractivity contribution in [3.8, 4) is 0 Å². The fourth-order valence-corrected chi connectivity index (χ4v) is 4.30. The Hall–Kier alpha value is -4.10. The van der Waals surface area contributed by atoms with Gasteiger partial charge in [-0.1, -0.05) is 0 Å². The number of nitrogens with one attached hydrogen (secondary N) is 2. The van der Waals surface area contributed by atoms with Gasteiger partial charge in [0.2, 0.25) is 5.95 Å². The van der Waals surface area contributed by atoms with Gasteiger partial charge >= 0.3 is 0 Å². The molecular weight excluding hydrogens is 464 g/mol. The number of benzene rings is 2. The number of rotatable bonds is 7. The molecule has 3 aromatic rings. The number of amides is 1. The standard InChI is InChI=1S/C21H20N6O6S/c28-20(18-14-16(27(29)30)4-7-19(18)26-10-12-33-13-11-26)24-15-2-5-17(6-3-15)34(31,32)25-21-22-8-1-9-23-21/h1-9,14H,10-13H2,(H,24,28)(H,22,23,25). The third-order valence-electron chi connectivity index (χ3n) is 5.00. The monoisotopic (exact) mass is 484 g/mol. The summed E-state index contributed by atoms with van der Waals surface area (Å²) in [6.07, 6.45) is 2.81. The number of non-ortho nitro benzene ring substituents is 1. The molecule has 176 valence electrons. The Kier molecular flexibility index (Phi) is 6.65. The highest BCUT2D eigenvalue weighted by atomic mass is 32.2. The van der Waals surface area contributed by atoms with E-state index in [2.05, 4.69) is 20.0 Å². The highest BCUT2D eigenvalue weighted by molar-refractivity contribution is 7.92. The molecule has 0 bridgehead atoms. The predicted octanol–water partition coefficient (Wildman–Crippen LogP) is 2.27. The van der Waals surface area contributed by atoms with E-state index in [1.807, 2.05) is 4.90 Å². The van der Waals surface area contributed by atoms with E-state index in [9.17, 15) is 23.3 Å². The lowest BCUT2D eigenvalue weighted by Crippen LogP contribution is -2.37. The molecule has 0 aliphatic carbocycles. The van der Waals surface area contributed by atoms with E-state index in [0.29, 0.717) is 37.7 Å². The van der Waals surface area contributed by atoms with Gasteiger partial charge in [0.25, 0.3) is 21.6 Å². The van der Waals surface area contributed by atoms with Crippen LogP contribution in [0.15, 0.2) is 65.8 Å². The fraction of sp³-hybridized carbons (Fsp3) is 0.190. The van der Waals surface area contributed by atoms with Gasteiger partial charge in [0, 0.05) is 43.3 Å². The Morgan fingerprint density at radius 1 is 1.06 bits per heavy atom. The SMILES string of the molecule is O=C(Nc1ccc(S(=O)(=O)Nc2ncccn2)cc1)c1cc([N+](=O)[O-])ccc1N1CCOCC1. The highest BCUT2D eigenvalue weighted by Gasteiger charge is 2.22. The van der Waals surface area contributed by atoms with Crippen LogP contribution in [0, 0.1) is 10.1 Å². The van der Waals surface area contributed by atoms with Gasteiger partial charge in [-0.25, -0.2) is 23.1 Å². The maximum absolute atomic E-state index is 13.0. The quantitative estimate of drug-likeness (QED) is 0.379. The molecule has 1 aliphatic rings. The molecule has 1 saturated heterocycles. The Morgan fingerprint density at radius 2 is 1.74 bits per heavy atom. The Morgan fingerprint density at radius 3 is 2.38 bits per heavy atom. The number of carbonyl (C=O) groups is 1. The van der Waals surface area contributed by atoms with Crippen molar-refractivity contribution in [1.82, 2.24) is 9.97 Å². The van der Waals surface area contributed by atoms with Crippen molar-refractivity contribution in [2.45, 2.75) is 4.90 Å². The second-order valence-corrected chi connectivity index (χ2v) is 8.90. The summed E-state index contributed by atoms with van der Waals surface area (Å²) in [5.74, 6) is -0.627. The smallest absolute Gasteiger partial charge is 0.270 e. The van der Waals surface area contributed by atoms with Gasteiger partial charge in [0.05, 0.1) is 34.3 Å². The molecule has 1 fully saturated rings. The molecule has 13 heteroatoms. The van der Waals surface area contributed by atoms with Crippen molar-refractivity contribution < 1.29 is 22.9 Å². The maximum atomic E-state index is 13.0. The minimum atomic E-state index is -3.93. The van der Waals surface area contributed by atoms with Crippen LogP contribution in [0.25, 0.3) is 0 Å². The fourth-order valence-electron chi connectivity index (χ4n) is 3.35. The number of sulfonamides is 1. The van der Waals surface area contributed by atoms with Crippen LogP contribution in [0.3, 0.4) is 0 Å². The molecule has 1 aromatic heterocycles. The average Bonchev–Trinajstić information content (AvgIpc) is 2.85. The number of hydrogen-bond donors (Lipinski definition) is 2. The summed E-state index contributed by atoms with van der Waals surface area (Å²) in [6, 6.07) is 11.2. The predicted molar refractivity (Wildman–Crippen MR) is 123 cm³/mol. The van der Waals surface area contributed by atoms with E-state index in [1.165, 1.54) is 48.8 Å². The lowest BCUT2D eigenvalue weighted by atomic mass is 10.1. The number of ether oxygens (including phenoxy) is 1. The van der Waals surface area contributed by atoms with Gasteiger partial charge in [-0.2, -0.15) is 0 Å². The Bertz CT molecular complexity index is 1300. The average molecular weight is 484 g/mol. The molecule has 0 unspecified atom stereocenters. The third kappa shape index (κ3) is 5.27. The third-order valence-corrected chi connectivity index (χ3v) is 6.35. The number of carbonyl (C=O) groups excluding carboxylic acids is 1. The molecule has 2 N–H and O–H groups in total. The first-order valence-corrected chi connectivity index (χ1v) is 11.6. The van der Waals surface area contributed by atoms with Crippen molar-refractivity contribution in [3.05, 3.63) is 76.6 Å². The van der Waals surface area contributed by atoms with Gasteiger partial charge in [0.15, 0.2) is 0 Å². The molecule has 0 radical (unpaired) electrons. The zero-order chi connectivity index (χ0) is 24.1. The van der Waals surface area contributed by atoms with Crippen molar-refractivity contribution in [3.63, 3.8) is 0 Å². The summed E-state index contributed by atoms with van der Waals surface area (Å²) < 4.78 is 32.6. The lowest BCUT2D eigenvalue weighted by molar-refractivity contribution is -0.384. The van der Waals surface area contributed by atoms with Crippen LogP contribution in [-0.4, -0.2) is 55.5 Å². The van der Waals surface area contributed by atoms with Crippen LogP contribution in [0.1, 0.15) is 10.4 Å². The second kappa shape index (κ2) is 9.80. The summed E-state index contributed by atoms with van der Waals surface area (Å²) in [4.78, 5) is 33.3. The highest BCUT2D eigenvalue weighted by Crippen LogP contribution is 2.27. The molecule has 0 atom stereocenters. The van der Waals surface area contributed by atoms with Gasteiger partial charge < -0.3 is 15.0 Å². The largest absolute Gasteiger partial charge is 0.378 e. The Labute approximate surface area is 194 Å². The van der Waals surface area contributed by atoms with Crippen LogP contribution in [-0.2, 0) is 14.8 Å². The number of anilines is 3. The first-order valence-electron chi connectivity index (χ1n) is 10.2. The number of aromatic nitrogens is 2. The number of morpholine rings is 1. The van der Waals surface area contributed by atoms with E-state index in [4.69, 9.17) is 4.74 Å². The number of hydrogen-bond acceptors (Lipinski definition) is 9. The summed E-state index contributed by atoms with van der Waals surface area (Å²) in [6.45, 7) is 2.05. The van der Waals surface area contributed by atoms with Crippen LogP contribution in [0.2, 0.25) is 0 Å². The maximum Gasteiger partial charge on any atom is 0.270 e. The van der Waals surface area contributed by atoms with E-state index >= 15 is 0 Å². The molecular formula is C21H20N6O6S. The molecule has 1 aliphatic heterocycles. The lowest BCUT2D eigenvalue weighted by Gasteiger charge is -2.30. The number of nitro benzene ring substituents is 1. The summed E-state index contributed by atoms with van der Waals surface area (Å²) in [5.41, 5.74) is 0.797. The van der Waals surface area contributed by atoms with Crippen molar-refractivity contribution >= 4 is 38.9 Å². The summed E-state index contributed by atoms with van der Waals surface area (Å²) >= 11 is 0. The second-order valence-electron chi connectivity index (χ2n) is 7.21. The number of nitrogens with zero attached hydrogens (tertiary/aromatic N) is 4. The molecule has 34 heavy (non-hydrogen) atoms. The van der Waals surface area contributed by atoms with E-state index in [1.54, 1.807) is 12.1 Å². The van der Waals surface area contributed by atoms with E-state index < -0.39 is 20.9 Å². The van der Waals surface area contributed by atoms with Crippen LogP contribution < -0.4 is 14.9 Å². The van der Waals surface area contributed by atoms with Gasteiger partial charge in [-0.05, 0) is 36.4 Å². The molecule has 0 saturated carbocycles. The van der Waals surface area contributed by atoms with Crippen LogP contribution in [0.5, 0.6) is 0 Å². The van der Waals surface area contributed by atoms with Gasteiger partial charge in [-0.15, -0.1) is 0 Å². The molecule has 4 rings (SSSR count). The molecule has 12 nitrogen and oxygen atoms in total. The zero-order valence-electron chi connectivity index (χ0n) is 17.7. The molecule has 0 spiro atoms. The van der Waals surface area contributed by atoms with E-state index in [0.717, 1.165) is 0 Å². The zero-order valence-corrected chi connectivity index (χ0v) is 18.6. The first-order chi connectivity index (χ1) is 16.3. The van der Waals surface area contributed by atoms with Crippen LogP contribution >= 0.6 is 0 Å². The van der Waals surface area contributed by atoms with Crippen molar-refractivity contribution in [2.24, 2.45) is 0 Å². The van der Waals surface area contributed by atoms with Crippen LogP contribution in [0.4, 0.5) is 23.0 Å². The van der Waals surface area contributed by atoms with Gasteiger partial charge in [-0.3, -0.25) is 14.9 Å².